The molecule has 1 heterocycles. The third-order valence-electron chi connectivity index (χ3n) is 1.79. The summed E-state index contributed by atoms with van der Waals surface area (Å²) in [7, 11) is 0. The molecule has 0 aromatic rings. The summed E-state index contributed by atoms with van der Waals surface area (Å²) in [4.78, 5) is 10.5. The van der Waals surface area contributed by atoms with Gasteiger partial charge in [-0.25, -0.2) is 0 Å². The molecular formula is C7H13NO2S. The van der Waals surface area contributed by atoms with Crippen LogP contribution in [0.15, 0.2) is 0 Å². The van der Waals surface area contributed by atoms with Gasteiger partial charge in [0, 0.05) is 11.8 Å². The molecule has 64 valence electrons. The van der Waals surface area contributed by atoms with E-state index in [2.05, 4.69) is 12.2 Å². The maximum atomic E-state index is 10.5. The number of hydrogen-bond acceptors (Lipinski definition) is 3. The number of carboxylic acids is 1. The topological polar surface area (TPSA) is 49.3 Å². The highest BCUT2D eigenvalue weighted by molar-refractivity contribution is 7.99. The number of hydrogen-bond donors (Lipinski definition) is 2. The van der Waals surface area contributed by atoms with Crippen molar-refractivity contribution in [2.24, 2.45) is 0 Å². The van der Waals surface area contributed by atoms with E-state index in [1.54, 1.807) is 0 Å². The lowest BCUT2D eigenvalue weighted by molar-refractivity contribution is -0.139. The average Bonchev–Trinajstić information content (AvgIpc) is 2.37. The number of carbonyl (C=O) groups is 1. The van der Waals surface area contributed by atoms with Gasteiger partial charge in [0.05, 0.1) is 0 Å². The normalized spacial score (nSPS) is 30.6. The lowest BCUT2D eigenvalue weighted by atomic mass is 10.2. The van der Waals surface area contributed by atoms with Crippen LogP contribution in [-0.4, -0.2) is 34.7 Å². The van der Waals surface area contributed by atoms with Crippen LogP contribution in [0.4, 0.5) is 0 Å². The Labute approximate surface area is 70.6 Å². The number of carboxylic acid groups (broad SMARTS) is 1. The van der Waals surface area contributed by atoms with Gasteiger partial charge in [-0.15, -0.1) is 0 Å². The van der Waals surface area contributed by atoms with E-state index < -0.39 is 5.97 Å². The zero-order valence-corrected chi connectivity index (χ0v) is 7.36. The van der Waals surface area contributed by atoms with Gasteiger partial charge in [0.1, 0.15) is 6.04 Å². The molecule has 0 radical (unpaired) electrons. The van der Waals surface area contributed by atoms with Gasteiger partial charge in [-0.05, 0) is 12.2 Å². The predicted molar refractivity (Wildman–Crippen MR) is 46.0 cm³/mol. The predicted octanol–water partition coefficient (Wildman–Crippen LogP) is 0.555. The summed E-state index contributed by atoms with van der Waals surface area (Å²) in [6.45, 7) is 2.94. The highest BCUT2D eigenvalue weighted by Gasteiger charge is 2.28. The van der Waals surface area contributed by atoms with Crippen LogP contribution < -0.4 is 5.32 Å². The lowest BCUT2D eigenvalue weighted by Gasteiger charge is -2.04. The molecule has 0 saturated carbocycles. The maximum absolute atomic E-state index is 10.5. The molecule has 0 unspecified atom stereocenters. The molecule has 0 amide bonds. The third kappa shape index (κ3) is 2.38. The zero-order chi connectivity index (χ0) is 8.27. The second-order valence-electron chi connectivity index (χ2n) is 2.61. The Hall–Kier alpha value is -0.220. The first-order valence-electron chi connectivity index (χ1n) is 3.81. The smallest absolute Gasteiger partial charge is 0.320 e. The highest BCUT2D eigenvalue weighted by Crippen LogP contribution is 2.20. The Morgan fingerprint density at radius 1 is 1.82 bits per heavy atom. The van der Waals surface area contributed by atoms with Crippen LogP contribution >= 0.6 is 11.8 Å². The molecule has 0 aliphatic carbocycles. The van der Waals surface area contributed by atoms with Gasteiger partial charge in [0.15, 0.2) is 0 Å². The summed E-state index contributed by atoms with van der Waals surface area (Å²) in [5, 5.41) is 12.1. The largest absolute Gasteiger partial charge is 0.480 e. The van der Waals surface area contributed by atoms with Gasteiger partial charge in [-0.2, -0.15) is 11.8 Å². The molecule has 0 aromatic heterocycles. The van der Waals surface area contributed by atoms with Gasteiger partial charge in [0.2, 0.25) is 0 Å². The van der Waals surface area contributed by atoms with Crippen LogP contribution in [0.3, 0.4) is 0 Å². The molecule has 1 saturated heterocycles. The Balaban J connectivity index is 2.29. The van der Waals surface area contributed by atoms with Crippen molar-refractivity contribution in [1.29, 1.82) is 0 Å². The molecule has 1 rings (SSSR count). The molecule has 0 spiro atoms. The van der Waals surface area contributed by atoms with Crippen molar-refractivity contribution in [1.82, 2.24) is 5.32 Å². The van der Waals surface area contributed by atoms with E-state index in [9.17, 15) is 4.79 Å². The number of rotatable bonds is 3. The Morgan fingerprint density at radius 2 is 2.55 bits per heavy atom. The monoisotopic (exact) mass is 175 g/mol. The van der Waals surface area contributed by atoms with E-state index >= 15 is 0 Å². The molecule has 2 atom stereocenters. The second kappa shape index (κ2) is 3.97. The molecule has 11 heavy (non-hydrogen) atoms. The minimum absolute atomic E-state index is 0.306. The van der Waals surface area contributed by atoms with E-state index in [1.165, 1.54) is 0 Å². The van der Waals surface area contributed by atoms with Crippen LogP contribution in [0.25, 0.3) is 0 Å². The number of thioether (sulfide) groups is 1. The van der Waals surface area contributed by atoms with Gasteiger partial charge < -0.3 is 10.4 Å². The zero-order valence-electron chi connectivity index (χ0n) is 6.54. The minimum atomic E-state index is -0.718. The SMILES string of the molecule is CCS[C@H]1CN[C@H](C(=O)O)C1. The molecule has 2 N–H and O–H groups in total. The van der Waals surface area contributed by atoms with E-state index in [-0.39, 0.29) is 6.04 Å². The van der Waals surface area contributed by atoms with Crippen LogP contribution in [0, 0.1) is 0 Å². The van der Waals surface area contributed by atoms with Gasteiger partial charge in [0.25, 0.3) is 0 Å². The number of nitrogens with one attached hydrogen (secondary N) is 1. The van der Waals surface area contributed by atoms with Crippen LogP contribution in [0.5, 0.6) is 0 Å². The summed E-state index contributed by atoms with van der Waals surface area (Å²) in [6.07, 6.45) is 0.772. The third-order valence-corrected chi connectivity index (χ3v) is 2.95. The van der Waals surface area contributed by atoms with Crippen molar-refractivity contribution < 1.29 is 9.90 Å². The van der Waals surface area contributed by atoms with Crippen molar-refractivity contribution in [3.63, 3.8) is 0 Å². The first kappa shape index (κ1) is 8.87. The molecule has 1 aliphatic rings. The van der Waals surface area contributed by atoms with Crippen molar-refractivity contribution in [3.05, 3.63) is 0 Å². The van der Waals surface area contributed by atoms with Crippen LogP contribution in [0.2, 0.25) is 0 Å². The van der Waals surface area contributed by atoms with Crippen molar-refractivity contribution >= 4 is 17.7 Å². The highest BCUT2D eigenvalue weighted by atomic mass is 32.2. The van der Waals surface area contributed by atoms with E-state index in [1.807, 2.05) is 11.8 Å². The summed E-state index contributed by atoms with van der Waals surface area (Å²) >= 11 is 1.83. The molecular weight excluding hydrogens is 162 g/mol. The fraction of sp³-hybridized carbons (Fsp3) is 0.857. The fourth-order valence-corrected chi connectivity index (χ4v) is 2.27. The van der Waals surface area contributed by atoms with E-state index in [0.29, 0.717) is 5.25 Å². The Bertz CT molecular complexity index is 151. The first-order valence-corrected chi connectivity index (χ1v) is 4.86. The Morgan fingerprint density at radius 3 is 3.00 bits per heavy atom. The summed E-state index contributed by atoms with van der Waals surface area (Å²) < 4.78 is 0. The van der Waals surface area contributed by atoms with E-state index in [4.69, 9.17) is 5.11 Å². The molecule has 3 nitrogen and oxygen atoms in total. The van der Waals surface area contributed by atoms with Gasteiger partial charge in [-0.3, -0.25) is 4.79 Å². The van der Waals surface area contributed by atoms with E-state index in [0.717, 1.165) is 18.7 Å². The molecule has 0 bridgehead atoms. The van der Waals surface area contributed by atoms with Crippen molar-refractivity contribution in [2.75, 3.05) is 12.3 Å². The van der Waals surface area contributed by atoms with Gasteiger partial charge >= 0.3 is 5.97 Å². The molecule has 1 fully saturated rings. The molecule has 0 aromatic carbocycles. The average molecular weight is 175 g/mol. The quantitative estimate of drug-likeness (QED) is 0.658. The maximum Gasteiger partial charge on any atom is 0.320 e. The number of aliphatic carboxylic acids is 1. The Kier molecular flexibility index (Phi) is 3.20. The van der Waals surface area contributed by atoms with Crippen LogP contribution in [-0.2, 0) is 4.79 Å². The first-order chi connectivity index (χ1) is 5.24. The standard InChI is InChI=1S/C7H13NO2S/c1-2-11-5-3-6(7(9)10)8-4-5/h5-6,8H,2-4H2,1H3,(H,9,10)/t5-,6+/m1/s1. The van der Waals surface area contributed by atoms with Crippen LogP contribution in [0.1, 0.15) is 13.3 Å². The van der Waals surface area contributed by atoms with Gasteiger partial charge in [-0.1, -0.05) is 6.92 Å². The lowest BCUT2D eigenvalue weighted by Crippen LogP contribution is -2.29. The van der Waals surface area contributed by atoms with Crippen molar-refractivity contribution in [3.8, 4) is 0 Å². The minimum Gasteiger partial charge on any atom is -0.480 e. The summed E-state index contributed by atoms with van der Waals surface area (Å²) in [5.74, 6) is 0.350. The molecule has 4 heteroatoms. The molecule has 1 aliphatic heterocycles. The van der Waals surface area contributed by atoms with Crippen molar-refractivity contribution in [2.45, 2.75) is 24.6 Å². The summed E-state index contributed by atoms with van der Waals surface area (Å²) in [5.41, 5.74) is 0. The summed E-state index contributed by atoms with van der Waals surface area (Å²) in [6, 6.07) is -0.306. The fourth-order valence-electron chi connectivity index (χ4n) is 1.25. The second-order valence-corrected chi connectivity index (χ2v) is 4.19.